The molecular weight excluding hydrogens is 338 g/mol. The van der Waals surface area contributed by atoms with Crippen molar-refractivity contribution in [3.63, 3.8) is 0 Å². The summed E-state index contributed by atoms with van der Waals surface area (Å²) in [5.74, 6) is -0.931. The molecule has 27 heavy (non-hydrogen) atoms. The fourth-order valence-electron chi connectivity index (χ4n) is 3.51. The quantitative estimate of drug-likeness (QED) is 0.713. The van der Waals surface area contributed by atoms with Crippen LogP contribution in [0.4, 0.5) is 5.69 Å². The highest BCUT2D eigenvalue weighted by molar-refractivity contribution is 6.10. The van der Waals surface area contributed by atoms with E-state index in [9.17, 15) is 9.59 Å². The minimum Gasteiger partial charge on any atom is -0.355 e. The Kier molecular flexibility index (Phi) is 4.83. The van der Waals surface area contributed by atoms with Crippen LogP contribution in [0.15, 0.2) is 66.9 Å². The number of amides is 2. The number of hydrogen-bond donors (Lipinski definition) is 1. The van der Waals surface area contributed by atoms with Crippen molar-refractivity contribution >= 4 is 28.3 Å². The van der Waals surface area contributed by atoms with Crippen molar-refractivity contribution in [2.75, 3.05) is 18.0 Å². The van der Waals surface area contributed by atoms with Gasteiger partial charge in [-0.15, -0.1) is 0 Å². The van der Waals surface area contributed by atoms with Gasteiger partial charge in [-0.05, 0) is 41.5 Å². The Hall–Kier alpha value is -3.21. The predicted molar refractivity (Wildman–Crippen MR) is 105 cm³/mol. The maximum absolute atomic E-state index is 12.8. The van der Waals surface area contributed by atoms with Crippen LogP contribution >= 0.6 is 0 Å². The standard InChI is InChI=1S/C22H21N3O2/c26-21(24-13-10-18-7-3-4-12-23-18)20-11-14-25(22(20)27)19-9-8-16-5-1-2-6-17(16)15-19/h1-9,12,15,20H,10-11,13-14H2,(H,24,26). The largest absolute Gasteiger partial charge is 0.355 e. The normalized spacial score (nSPS) is 16.7. The molecule has 0 spiro atoms. The zero-order valence-corrected chi connectivity index (χ0v) is 15.0. The van der Waals surface area contributed by atoms with Crippen LogP contribution in [0.2, 0.25) is 0 Å². The molecule has 2 aromatic carbocycles. The van der Waals surface area contributed by atoms with Crippen molar-refractivity contribution in [3.05, 3.63) is 72.6 Å². The van der Waals surface area contributed by atoms with Gasteiger partial charge in [-0.3, -0.25) is 14.6 Å². The van der Waals surface area contributed by atoms with Gasteiger partial charge >= 0.3 is 0 Å². The Balaban J connectivity index is 1.39. The van der Waals surface area contributed by atoms with Gasteiger partial charge in [0.25, 0.3) is 0 Å². The lowest BCUT2D eigenvalue weighted by atomic mass is 10.1. The molecule has 4 rings (SSSR count). The summed E-state index contributed by atoms with van der Waals surface area (Å²) in [4.78, 5) is 31.2. The molecule has 3 aromatic rings. The maximum Gasteiger partial charge on any atom is 0.239 e. The summed E-state index contributed by atoms with van der Waals surface area (Å²) in [5, 5.41) is 5.10. The van der Waals surface area contributed by atoms with Crippen LogP contribution < -0.4 is 10.2 Å². The first-order valence-corrected chi connectivity index (χ1v) is 9.20. The Morgan fingerprint density at radius 2 is 1.89 bits per heavy atom. The van der Waals surface area contributed by atoms with Crippen molar-refractivity contribution in [1.29, 1.82) is 0 Å². The molecule has 0 aliphatic carbocycles. The lowest BCUT2D eigenvalue weighted by molar-refractivity contribution is -0.132. The number of nitrogens with zero attached hydrogens (tertiary/aromatic N) is 2. The van der Waals surface area contributed by atoms with Crippen molar-refractivity contribution < 1.29 is 9.59 Å². The van der Waals surface area contributed by atoms with Crippen LogP contribution in [0.5, 0.6) is 0 Å². The second-order valence-corrected chi connectivity index (χ2v) is 6.72. The molecule has 1 aliphatic heterocycles. The van der Waals surface area contributed by atoms with Crippen molar-refractivity contribution in [1.82, 2.24) is 10.3 Å². The second-order valence-electron chi connectivity index (χ2n) is 6.72. The SMILES string of the molecule is O=C(NCCc1ccccn1)C1CCN(c2ccc3ccccc3c2)C1=O. The molecule has 0 radical (unpaired) electrons. The number of carbonyl (C=O) groups excluding carboxylic acids is 2. The van der Waals surface area contributed by atoms with Gasteiger partial charge in [-0.25, -0.2) is 0 Å². The lowest BCUT2D eigenvalue weighted by Crippen LogP contribution is -2.37. The molecule has 136 valence electrons. The molecule has 1 fully saturated rings. The number of fused-ring (bicyclic) bond motifs is 1. The first-order chi connectivity index (χ1) is 13.2. The molecule has 1 saturated heterocycles. The number of benzene rings is 2. The monoisotopic (exact) mass is 359 g/mol. The van der Waals surface area contributed by atoms with E-state index in [1.807, 2.05) is 60.7 Å². The zero-order valence-electron chi connectivity index (χ0n) is 15.0. The van der Waals surface area contributed by atoms with Crippen molar-refractivity contribution in [2.24, 2.45) is 5.92 Å². The summed E-state index contributed by atoms with van der Waals surface area (Å²) in [6, 6.07) is 19.7. The third-order valence-electron chi connectivity index (χ3n) is 4.97. The molecule has 1 atom stereocenters. The molecule has 5 heteroatoms. The Morgan fingerprint density at radius 1 is 1.07 bits per heavy atom. The third kappa shape index (κ3) is 3.67. The van der Waals surface area contributed by atoms with E-state index < -0.39 is 5.92 Å². The summed E-state index contributed by atoms with van der Waals surface area (Å²) >= 11 is 0. The summed E-state index contributed by atoms with van der Waals surface area (Å²) in [6.45, 7) is 1.05. The van der Waals surface area contributed by atoms with Gasteiger partial charge in [0, 0.05) is 37.1 Å². The van der Waals surface area contributed by atoms with E-state index in [0.717, 1.165) is 22.2 Å². The topological polar surface area (TPSA) is 62.3 Å². The van der Waals surface area contributed by atoms with Crippen LogP contribution in [0, 0.1) is 5.92 Å². The summed E-state index contributed by atoms with van der Waals surface area (Å²) < 4.78 is 0. The smallest absolute Gasteiger partial charge is 0.239 e. The first-order valence-electron chi connectivity index (χ1n) is 9.20. The van der Waals surface area contributed by atoms with E-state index in [4.69, 9.17) is 0 Å². The molecule has 2 amide bonds. The lowest BCUT2D eigenvalue weighted by Gasteiger charge is -2.17. The third-order valence-corrected chi connectivity index (χ3v) is 4.97. The maximum atomic E-state index is 12.8. The molecule has 1 aliphatic rings. The zero-order chi connectivity index (χ0) is 18.6. The number of hydrogen-bond acceptors (Lipinski definition) is 3. The van der Waals surface area contributed by atoms with E-state index in [0.29, 0.717) is 25.9 Å². The predicted octanol–water partition coefficient (Wildman–Crippen LogP) is 2.95. The number of rotatable bonds is 5. The Labute approximate surface area is 158 Å². The highest BCUT2D eigenvalue weighted by Gasteiger charge is 2.37. The van der Waals surface area contributed by atoms with Gasteiger partial charge in [-0.1, -0.05) is 36.4 Å². The van der Waals surface area contributed by atoms with E-state index >= 15 is 0 Å². The van der Waals surface area contributed by atoms with Gasteiger partial charge in [-0.2, -0.15) is 0 Å². The van der Waals surface area contributed by atoms with Crippen molar-refractivity contribution in [3.8, 4) is 0 Å². The van der Waals surface area contributed by atoms with E-state index in [-0.39, 0.29) is 11.8 Å². The molecular formula is C22H21N3O2. The molecule has 0 bridgehead atoms. The van der Waals surface area contributed by atoms with Gasteiger partial charge in [0.15, 0.2) is 0 Å². The molecule has 1 aromatic heterocycles. The molecule has 1 N–H and O–H groups in total. The Bertz CT molecular complexity index is 971. The average molecular weight is 359 g/mol. The first kappa shape index (κ1) is 17.2. The number of aromatic nitrogens is 1. The number of pyridine rings is 1. The summed E-state index contributed by atoms with van der Waals surface area (Å²) in [7, 11) is 0. The van der Waals surface area contributed by atoms with Gasteiger partial charge in [0.05, 0.1) is 0 Å². The number of nitrogens with one attached hydrogen (secondary N) is 1. The van der Waals surface area contributed by atoms with E-state index in [2.05, 4.69) is 10.3 Å². The molecule has 1 unspecified atom stereocenters. The van der Waals surface area contributed by atoms with E-state index in [1.165, 1.54) is 0 Å². The highest BCUT2D eigenvalue weighted by Crippen LogP contribution is 2.28. The summed E-state index contributed by atoms with van der Waals surface area (Å²) in [5.41, 5.74) is 1.77. The average Bonchev–Trinajstić information content (AvgIpc) is 3.10. The number of anilines is 1. The number of carbonyl (C=O) groups is 2. The molecule has 2 heterocycles. The minimum absolute atomic E-state index is 0.124. The van der Waals surface area contributed by atoms with Gasteiger partial charge < -0.3 is 10.2 Å². The molecule has 0 saturated carbocycles. The Morgan fingerprint density at radius 3 is 2.70 bits per heavy atom. The molecule has 5 nitrogen and oxygen atoms in total. The van der Waals surface area contributed by atoms with Crippen LogP contribution in [-0.2, 0) is 16.0 Å². The summed E-state index contributed by atoms with van der Waals surface area (Å²) in [6.07, 6.45) is 2.93. The highest BCUT2D eigenvalue weighted by atomic mass is 16.2. The second kappa shape index (κ2) is 7.58. The van der Waals surface area contributed by atoms with Crippen LogP contribution in [0.25, 0.3) is 10.8 Å². The van der Waals surface area contributed by atoms with Crippen LogP contribution in [0.1, 0.15) is 12.1 Å². The fourth-order valence-corrected chi connectivity index (χ4v) is 3.51. The minimum atomic E-state index is -0.611. The van der Waals surface area contributed by atoms with Gasteiger partial charge in [0.2, 0.25) is 11.8 Å². The van der Waals surface area contributed by atoms with Crippen LogP contribution in [0.3, 0.4) is 0 Å². The van der Waals surface area contributed by atoms with Crippen LogP contribution in [-0.4, -0.2) is 29.9 Å². The van der Waals surface area contributed by atoms with Crippen molar-refractivity contribution in [2.45, 2.75) is 12.8 Å². The fraction of sp³-hybridized carbons (Fsp3) is 0.227. The van der Waals surface area contributed by atoms with E-state index in [1.54, 1.807) is 11.1 Å². The van der Waals surface area contributed by atoms with Gasteiger partial charge in [0.1, 0.15) is 5.92 Å².